The van der Waals surface area contributed by atoms with E-state index in [0.717, 1.165) is 11.4 Å². The van der Waals surface area contributed by atoms with Crippen molar-refractivity contribution in [2.45, 2.75) is 38.0 Å². The molecule has 0 N–H and O–H groups in total. The van der Waals surface area contributed by atoms with E-state index in [1.807, 2.05) is 0 Å². The van der Waals surface area contributed by atoms with Gasteiger partial charge in [-0.3, -0.25) is 0 Å². The van der Waals surface area contributed by atoms with Gasteiger partial charge in [-0.1, -0.05) is 165 Å². The lowest BCUT2D eigenvalue weighted by atomic mass is 9.84. The molecule has 0 spiro atoms. The van der Waals surface area contributed by atoms with Gasteiger partial charge in [0.25, 0.3) is 0 Å². The van der Waals surface area contributed by atoms with Crippen molar-refractivity contribution in [2.75, 3.05) is 4.90 Å². The summed E-state index contributed by atoms with van der Waals surface area (Å²) >= 11 is 0. The van der Waals surface area contributed by atoms with Crippen LogP contribution < -0.4 is 4.90 Å². The number of benzene rings is 10. The van der Waals surface area contributed by atoms with Gasteiger partial charge in [0, 0.05) is 33.5 Å². The van der Waals surface area contributed by atoms with Crippen LogP contribution in [0.1, 0.15) is 43.6 Å². The number of fused-ring (bicyclic) bond motifs is 9. The molecule has 1 aliphatic rings. The van der Waals surface area contributed by atoms with Crippen LogP contribution in [0, 0.1) is 0 Å². The lowest BCUT2D eigenvalue weighted by Gasteiger charge is -2.27. The number of anilines is 3. The third kappa shape index (κ3) is 6.25. The molecule has 0 atom stereocenters. The van der Waals surface area contributed by atoms with Crippen LogP contribution in [0.5, 0.6) is 0 Å². The van der Waals surface area contributed by atoms with E-state index in [-0.39, 0.29) is 0 Å². The Morgan fingerprint density at radius 1 is 0.323 bits per heavy atom. The minimum Gasteiger partial charge on any atom is -0.311 e. The van der Waals surface area contributed by atoms with Gasteiger partial charge in [-0.15, -0.1) is 0 Å². The summed E-state index contributed by atoms with van der Waals surface area (Å²) in [7, 11) is 0. The molecule has 1 aliphatic carbocycles. The number of rotatable bonds is 7. The number of hydrogen-bond donors (Lipinski definition) is 0. The largest absolute Gasteiger partial charge is 0.311 e. The molecule has 1 saturated carbocycles. The summed E-state index contributed by atoms with van der Waals surface area (Å²) in [5, 5.41) is 10.2. The predicted octanol–water partition coefficient (Wildman–Crippen LogP) is 17.1. The predicted molar refractivity (Wildman–Crippen MR) is 265 cm³/mol. The molecule has 2 heteroatoms. The lowest BCUT2D eigenvalue weighted by Crippen LogP contribution is -2.10. The average molecular weight is 795 g/mol. The molecular weight excluding hydrogens is 749 g/mol. The minimum atomic E-state index is 0.677. The first-order valence-electron chi connectivity index (χ1n) is 22.3. The molecule has 0 bridgehead atoms. The zero-order chi connectivity index (χ0) is 41.0. The topological polar surface area (TPSA) is 8.17 Å². The second-order valence-electron chi connectivity index (χ2n) is 17.1. The van der Waals surface area contributed by atoms with Crippen LogP contribution in [0.15, 0.2) is 212 Å². The third-order valence-electron chi connectivity index (χ3n) is 13.6. The van der Waals surface area contributed by atoms with Crippen LogP contribution in [0.4, 0.5) is 17.1 Å². The molecule has 0 saturated heterocycles. The van der Waals surface area contributed by atoms with Crippen molar-refractivity contribution in [2.24, 2.45) is 0 Å². The highest BCUT2D eigenvalue weighted by Gasteiger charge is 2.19. The van der Waals surface area contributed by atoms with Gasteiger partial charge in [0.05, 0.1) is 11.0 Å². The quantitative estimate of drug-likeness (QED) is 0.146. The maximum Gasteiger partial charge on any atom is 0.0541 e. The van der Waals surface area contributed by atoms with Crippen LogP contribution in [0.3, 0.4) is 0 Å². The molecule has 0 amide bonds. The zero-order valence-electron chi connectivity index (χ0n) is 34.7. The number of hydrogen-bond acceptors (Lipinski definition) is 1. The molecule has 11 aromatic rings. The van der Waals surface area contributed by atoms with Gasteiger partial charge >= 0.3 is 0 Å². The Morgan fingerprint density at radius 2 is 0.790 bits per heavy atom. The molecule has 0 radical (unpaired) electrons. The second-order valence-corrected chi connectivity index (χ2v) is 17.1. The summed E-state index contributed by atoms with van der Waals surface area (Å²) in [5.41, 5.74) is 13.4. The van der Waals surface area contributed by atoms with E-state index in [1.165, 1.54) is 125 Å². The smallest absolute Gasteiger partial charge is 0.0541 e. The van der Waals surface area contributed by atoms with Crippen molar-refractivity contribution in [3.63, 3.8) is 0 Å². The first-order valence-corrected chi connectivity index (χ1v) is 22.3. The molecule has 1 fully saturated rings. The SMILES string of the molecule is c1ccc(-c2ccc(N(c3ccc(-c4ccc5c(c4)c4ccccc4n5-c4ccc5c6ccccc6c6ccccc6c5c4)cc3)c3ccc(C4CCCCC4)cc3)cc2)cc1. The summed E-state index contributed by atoms with van der Waals surface area (Å²) in [6.45, 7) is 0. The normalized spacial score (nSPS) is 13.4. The standard InChI is InChI=1S/C60H46N2/c1-3-13-41(14-4-1)43-23-30-47(31-24-43)61(48-32-25-44(26-33-48)42-15-5-2-6-16-42)49-34-27-45(28-35-49)46-29-38-60-58(39-46)56-21-11-12-22-59(56)62(60)50-36-37-55-53-19-8-7-17-51(53)52-18-9-10-20-54(52)57(55)40-50/h1,3-4,7-14,17-40,42H,2,5-6,15-16H2. The molecule has 0 unspecified atom stereocenters. The van der Waals surface area contributed by atoms with Crippen molar-refractivity contribution in [3.8, 4) is 27.9 Å². The number of para-hydroxylation sites is 1. The first-order chi connectivity index (χ1) is 30.7. The minimum absolute atomic E-state index is 0.677. The Morgan fingerprint density at radius 3 is 1.42 bits per heavy atom. The van der Waals surface area contributed by atoms with Crippen LogP contribution in [0.25, 0.3) is 82.1 Å². The maximum atomic E-state index is 2.45. The Labute approximate surface area is 362 Å². The molecule has 12 rings (SSSR count). The molecule has 296 valence electrons. The summed E-state index contributed by atoms with van der Waals surface area (Å²) in [5.74, 6) is 0.677. The highest BCUT2D eigenvalue weighted by atomic mass is 15.1. The molecule has 10 aromatic carbocycles. The van der Waals surface area contributed by atoms with Crippen molar-refractivity contribution in [3.05, 3.63) is 218 Å². The van der Waals surface area contributed by atoms with Gasteiger partial charge in [-0.25, -0.2) is 0 Å². The van der Waals surface area contributed by atoms with Crippen LogP contribution in [-0.4, -0.2) is 4.57 Å². The second kappa shape index (κ2) is 15.2. The average Bonchev–Trinajstić information content (AvgIpc) is 3.69. The maximum absolute atomic E-state index is 2.45. The van der Waals surface area contributed by atoms with E-state index in [2.05, 4.69) is 222 Å². The van der Waals surface area contributed by atoms with E-state index in [0.29, 0.717) is 5.92 Å². The van der Waals surface area contributed by atoms with E-state index in [1.54, 1.807) is 0 Å². The molecule has 62 heavy (non-hydrogen) atoms. The number of nitrogens with zero attached hydrogens (tertiary/aromatic N) is 2. The van der Waals surface area contributed by atoms with Crippen molar-refractivity contribution >= 4 is 71.2 Å². The monoisotopic (exact) mass is 794 g/mol. The van der Waals surface area contributed by atoms with Crippen molar-refractivity contribution < 1.29 is 0 Å². The fourth-order valence-electron chi connectivity index (χ4n) is 10.5. The van der Waals surface area contributed by atoms with Gasteiger partial charge in [0.1, 0.15) is 0 Å². The van der Waals surface area contributed by atoms with Crippen LogP contribution >= 0.6 is 0 Å². The van der Waals surface area contributed by atoms with E-state index in [9.17, 15) is 0 Å². The molecule has 2 nitrogen and oxygen atoms in total. The summed E-state index contributed by atoms with van der Waals surface area (Å²) in [6, 6.07) is 78.7. The summed E-state index contributed by atoms with van der Waals surface area (Å²) in [6.07, 6.45) is 6.66. The fourth-order valence-corrected chi connectivity index (χ4v) is 10.5. The number of aromatic nitrogens is 1. The van der Waals surface area contributed by atoms with Crippen molar-refractivity contribution in [1.29, 1.82) is 0 Å². The van der Waals surface area contributed by atoms with Gasteiger partial charge in [-0.05, 0) is 146 Å². The lowest BCUT2D eigenvalue weighted by molar-refractivity contribution is 0.443. The molecule has 1 heterocycles. The summed E-state index contributed by atoms with van der Waals surface area (Å²) in [4.78, 5) is 2.40. The van der Waals surface area contributed by atoms with Gasteiger partial charge in [0.15, 0.2) is 0 Å². The molecule has 1 aromatic heterocycles. The van der Waals surface area contributed by atoms with E-state index >= 15 is 0 Å². The highest BCUT2D eigenvalue weighted by Crippen LogP contribution is 2.42. The van der Waals surface area contributed by atoms with E-state index in [4.69, 9.17) is 0 Å². The fraction of sp³-hybridized carbons (Fsp3) is 0.100. The van der Waals surface area contributed by atoms with Crippen molar-refractivity contribution in [1.82, 2.24) is 4.57 Å². The van der Waals surface area contributed by atoms with Gasteiger partial charge in [-0.2, -0.15) is 0 Å². The van der Waals surface area contributed by atoms with E-state index < -0.39 is 0 Å². The summed E-state index contributed by atoms with van der Waals surface area (Å²) < 4.78 is 2.45. The molecular formula is C60H46N2. The Balaban J connectivity index is 0.929. The first kappa shape index (κ1) is 36.4. The molecule has 0 aliphatic heterocycles. The zero-order valence-corrected chi connectivity index (χ0v) is 34.7. The Bertz CT molecular complexity index is 3370. The van der Waals surface area contributed by atoms with Crippen LogP contribution in [0.2, 0.25) is 0 Å². The highest BCUT2D eigenvalue weighted by molar-refractivity contribution is 6.25. The van der Waals surface area contributed by atoms with Gasteiger partial charge < -0.3 is 9.47 Å². The van der Waals surface area contributed by atoms with Gasteiger partial charge in [0.2, 0.25) is 0 Å². The van der Waals surface area contributed by atoms with Crippen LogP contribution in [-0.2, 0) is 0 Å². The third-order valence-corrected chi connectivity index (χ3v) is 13.6. The Kier molecular flexibility index (Phi) is 8.96. The Hall–Kier alpha value is -7.42.